The number of aromatic carboxylic acids is 1. The molecule has 4 heteroatoms. The van der Waals surface area contributed by atoms with Crippen LogP contribution >= 0.6 is 0 Å². The van der Waals surface area contributed by atoms with E-state index in [1.807, 2.05) is 19.1 Å². The van der Waals surface area contributed by atoms with E-state index in [1.54, 1.807) is 32.4 Å². The van der Waals surface area contributed by atoms with Gasteiger partial charge < -0.3 is 9.84 Å². The predicted molar refractivity (Wildman–Crippen MR) is 72.7 cm³/mol. The summed E-state index contributed by atoms with van der Waals surface area (Å²) in [5.74, 6) is -0.306. The summed E-state index contributed by atoms with van der Waals surface area (Å²) < 4.78 is 5.28. The number of carbonyl (C=O) groups is 1. The minimum absolute atomic E-state index is 0.285. The lowest BCUT2D eigenvalue weighted by Gasteiger charge is -2.12. The van der Waals surface area contributed by atoms with E-state index in [2.05, 4.69) is 4.98 Å². The molecule has 0 unspecified atom stereocenters. The molecular weight excluding hydrogens is 242 g/mol. The fourth-order valence-electron chi connectivity index (χ4n) is 2.10. The number of methoxy groups -OCH3 is 1. The molecule has 1 aromatic heterocycles. The highest BCUT2D eigenvalue weighted by Gasteiger charge is 2.15. The summed E-state index contributed by atoms with van der Waals surface area (Å²) in [6, 6.07) is 7.09. The van der Waals surface area contributed by atoms with Gasteiger partial charge in [0.2, 0.25) is 0 Å². The quantitative estimate of drug-likeness (QED) is 0.918. The van der Waals surface area contributed by atoms with Gasteiger partial charge in [0, 0.05) is 11.8 Å². The molecule has 19 heavy (non-hydrogen) atoms. The van der Waals surface area contributed by atoms with Gasteiger partial charge >= 0.3 is 5.97 Å². The first kappa shape index (κ1) is 13.1. The molecular formula is C15H15NO3. The van der Waals surface area contributed by atoms with E-state index in [0.29, 0.717) is 11.4 Å². The number of aromatic nitrogens is 1. The van der Waals surface area contributed by atoms with E-state index in [-0.39, 0.29) is 5.56 Å². The lowest BCUT2D eigenvalue weighted by atomic mass is 9.97. The number of pyridine rings is 1. The SMILES string of the molecule is COc1cccnc1-c1cc(C(=O)O)c(C)cc1C. The maximum Gasteiger partial charge on any atom is 0.335 e. The van der Waals surface area contributed by atoms with Crippen LogP contribution in [0.25, 0.3) is 11.3 Å². The van der Waals surface area contributed by atoms with Crippen molar-refractivity contribution in [1.82, 2.24) is 4.98 Å². The first-order valence-electron chi connectivity index (χ1n) is 5.88. The zero-order valence-electron chi connectivity index (χ0n) is 11.1. The molecule has 0 spiro atoms. The lowest BCUT2D eigenvalue weighted by Crippen LogP contribution is -2.02. The Balaban J connectivity index is 2.68. The van der Waals surface area contributed by atoms with Gasteiger partial charge in [0.1, 0.15) is 11.4 Å². The van der Waals surface area contributed by atoms with Crippen LogP contribution in [0.5, 0.6) is 5.75 Å². The molecule has 2 aromatic rings. The maximum atomic E-state index is 11.2. The lowest BCUT2D eigenvalue weighted by molar-refractivity contribution is 0.0696. The van der Waals surface area contributed by atoms with Gasteiger partial charge in [-0.15, -0.1) is 0 Å². The molecule has 4 nitrogen and oxygen atoms in total. The molecule has 0 atom stereocenters. The minimum Gasteiger partial charge on any atom is -0.494 e. The Morgan fingerprint density at radius 2 is 2.00 bits per heavy atom. The Hall–Kier alpha value is -2.36. The molecule has 1 N–H and O–H groups in total. The van der Waals surface area contributed by atoms with E-state index in [9.17, 15) is 9.90 Å². The number of carboxylic acid groups (broad SMARTS) is 1. The van der Waals surface area contributed by atoms with Crippen molar-refractivity contribution < 1.29 is 14.6 Å². The third-order valence-electron chi connectivity index (χ3n) is 3.05. The summed E-state index contributed by atoms with van der Waals surface area (Å²) in [6.07, 6.45) is 1.66. The molecule has 0 amide bonds. The summed E-state index contributed by atoms with van der Waals surface area (Å²) in [6.45, 7) is 3.72. The van der Waals surface area contributed by atoms with Crippen molar-refractivity contribution in [2.45, 2.75) is 13.8 Å². The van der Waals surface area contributed by atoms with E-state index in [0.717, 1.165) is 16.7 Å². The number of carboxylic acids is 1. The van der Waals surface area contributed by atoms with Crippen LogP contribution in [0.4, 0.5) is 0 Å². The number of aryl methyl sites for hydroxylation is 2. The summed E-state index contributed by atoms with van der Waals surface area (Å²) in [4.78, 5) is 15.5. The largest absolute Gasteiger partial charge is 0.494 e. The molecule has 0 radical (unpaired) electrons. The van der Waals surface area contributed by atoms with Crippen molar-refractivity contribution in [2.75, 3.05) is 7.11 Å². The fourth-order valence-corrected chi connectivity index (χ4v) is 2.10. The molecule has 2 rings (SSSR count). The van der Waals surface area contributed by atoms with Gasteiger partial charge in [-0.05, 0) is 43.2 Å². The standard InChI is InChI=1S/C15H15NO3/c1-9-7-10(2)12(15(17)18)8-11(9)14-13(19-3)5-4-6-16-14/h4-8H,1-3H3,(H,17,18). The van der Waals surface area contributed by atoms with Crippen LogP contribution in [0.3, 0.4) is 0 Å². The Kier molecular flexibility index (Phi) is 3.51. The topological polar surface area (TPSA) is 59.4 Å². The van der Waals surface area contributed by atoms with Gasteiger partial charge in [0.15, 0.2) is 0 Å². The number of hydrogen-bond acceptors (Lipinski definition) is 3. The zero-order chi connectivity index (χ0) is 14.0. The van der Waals surface area contributed by atoms with Crippen LogP contribution in [0, 0.1) is 13.8 Å². The highest BCUT2D eigenvalue weighted by molar-refractivity contribution is 5.91. The Bertz CT molecular complexity index is 635. The van der Waals surface area contributed by atoms with Crippen molar-refractivity contribution in [3.8, 4) is 17.0 Å². The molecule has 0 fully saturated rings. The molecule has 98 valence electrons. The van der Waals surface area contributed by atoms with Crippen LogP contribution in [-0.4, -0.2) is 23.2 Å². The van der Waals surface area contributed by atoms with Crippen molar-refractivity contribution in [3.05, 3.63) is 47.2 Å². The summed E-state index contributed by atoms with van der Waals surface area (Å²) in [7, 11) is 1.57. The average Bonchev–Trinajstić information content (AvgIpc) is 2.38. The Morgan fingerprint density at radius 1 is 1.26 bits per heavy atom. The van der Waals surface area contributed by atoms with Crippen molar-refractivity contribution in [1.29, 1.82) is 0 Å². The monoisotopic (exact) mass is 257 g/mol. The first-order valence-corrected chi connectivity index (χ1v) is 5.88. The van der Waals surface area contributed by atoms with Gasteiger partial charge in [-0.2, -0.15) is 0 Å². The molecule has 0 saturated heterocycles. The van der Waals surface area contributed by atoms with Crippen molar-refractivity contribution >= 4 is 5.97 Å². The van der Waals surface area contributed by atoms with Gasteiger partial charge in [0.25, 0.3) is 0 Å². The fraction of sp³-hybridized carbons (Fsp3) is 0.200. The number of ether oxygens (including phenoxy) is 1. The van der Waals surface area contributed by atoms with Crippen LogP contribution in [-0.2, 0) is 0 Å². The Morgan fingerprint density at radius 3 is 2.63 bits per heavy atom. The molecule has 1 aromatic carbocycles. The highest BCUT2D eigenvalue weighted by Crippen LogP contribution is 2.31. The third kappa shape index (κ3) is 2.42. The molecule has 1 heterocycles. The normalized spacial score (nSPS) is 10.3. The predicted octanol–water partition coefficient (Wildman–Crippen LogP) is 3.07. The first-order chi connectivity index (χ1) is 9.04. The van der Waals surface area contributed by atoms with Crippen molar-refractivity contribution in [3.63, 3.8) is 0 Å². The summed E-state index contributed by atoms with van der Waals surface area (Å²) in [5, 5.41) is 9.20. The van der Waals surface area contributed by atoms with Crippen molar-refractivity contribution in [2.24, 2.45) is 0 Å². The maximum absolute atomic E-state index is 11.2. The molecule has 0 saturated carbocycles. The van der Waals surface area contributed by atoms with E-state index >= 15 is 0 Å². The third-order valence-corrected chi connectivity index (χ3v) is 3.05. The van der Waals surface area contributed by atoms with Crippen LogP contribution in [0.2, 0.25) is 0 Å². The smallest absolute Gasteiger partial charge is 0.335 e. The second kappa shape index (κ2) is 5.10. The van der Waals surface area contributed by atoms with Crippen LogP contribution in [0.15, 0.2) is 30.5 Å². The average molecular weight is 257 g/mol. The Labute approximate surface area is 111 Å². The van der Waals surface area contributed by atoms with Gasteiger partial charge in [-0.25, -0.2) is 4.79 Å². The number of nitrogens with zero attached hydrogens (tertiary/aromatic N) is 1. The second-order valence-electron chi connectivity index (χ2n) is 4.34. The van der Waals surface area contributed by atoms with E-state index < -0.39 is 5.97 Å². The molecule has 0 aliphatic heterocycles. The van der Waals surface area contributed by atoms with E-state index in [4.69, 9.17) is 4.74 Å². The van der Waals surface area contributed by atoms with Gasteiger partial charge in [-0.3, -0.25) is 4.98 Å². The second-order valence-corrected chi connectivity index (χ2v) is 4.34. The number of rotatable bonds is 3. The highest BCUT2D eigenvalue weighted by atomic mass is 16.5. The summed E-state index contributed by atoms with van der Waals surface area (Å²) >= 11 is 0. The zero-order valence-corrected chi connectivity index (χ0v) is 11.1. The van der Waals surface area contributed by atoms with Crippen LogP contribution < -0.4 is 4.74 Å². The van der Waals surface area contributed by atoms with Crippen LogP contribution in [0.1, 0.15) is 21.5 Å². The molecule has 0 aliphatic carbocycles. The molecule has 0 bridgehead atoms. The summed E-state index contributed by atoms with van der Waals surface area (Å²) in [5.41, 5.74) is 3.43. The van der Waals surface area contributed by atoms with Gasteiger partial charge in [0.05, 0.1) is 12.7 Å². The number of hydrogen-bond donors (Lipinski definition) is 1. The number of benzene rings is 1. The minimum atomic E-state index is -0.936. The van der Waals surface area contributed by atoms with Gasteiger partial charge in [-0.1, -0.05) is 6.07 Å². The van der Waals surface area contributed by atoms with E-state index in [1.165, 1.54) is 0 Å². The molecule has 0 aliphatic rings.